The lowest BCUT2D eigenvalue weighted by Crippen LogP contribution is -2.13. The number of nitro groups is 1. The van der Waals surface area contributed by atoms with Crippen LogP contribution in [0, 0.1) is 20.6 Å². The molecule has 0 radical (unpaired) electrons. The number of rotatable bonds is 4. The SMILES string of the molecule is Cc1cc(C(=O)Nc2ccc(I)cc2-c2nc3ccccc3s2)ccc1[N+](=O)[O-]. The van der Waals surface area contributed by atoms with E-state index in [1.807, 2.05) is 42.5 Å². The maximum atomic E-state index is 12.8. The van der Waals surface area contributed by atoms with Gasteiger partial charge in [0.2, 0.25) is 0 Å². The fourth-order valence-electron chi connectivity index (χ4n) is 2.99. The molecule has 0 aliphatic carbocycles. The van der Waals surface area contributed by atoms with Gasteiger partial charge in [0.05, 0.1) is 20.8 Å². The molecule has 0 aliphatic rings. The fraction of sp³-hybridized carbons (Fsp3) is 0.0476. The highest BCUT2D eigenvalue weighted by atomic mass is 127. The molecule has 1 heterocycles. The van der Waals surface area contributed by atoms with Gasteiger partial charge in [-0.3, -0.25) is 14.9 Å². The number of hydrogen-bond donors (Lipinski definition) is 1. The molecule has 0 spiro atoms. The maximum absolute atomic E-state index is 12.8. The van der Waals surface area contributed by atoms with Gasteiger partial charge in [-0.2, -0.15) is 0 Å². The smallest absolute Gasteiger partial charge is 0.272 e. The van der Waals surface area contributed by atoms with Crippen LogP contribution < -0.4 is 5.32 Å². The predicted octanol–water partition coefficient (Wildman–Crippen LogP) is 6.04. The van der Waals surface area contributed by atoms with Crippen molar-refractivity contribution in [3.8, 4) is 10.6 Å². The molecule has 0 bridgehead atoms. The van der Waals surface area contributed by atoms with E-state index in [4.69, 9.17) is 4.98 Å². The van der Waals surface area contributed by atoms with Crippen LogP contribution in [0.4, 0.5) is 11.4 Å². The molecule has 4 rings (SSSR count). The summed E-state index contributed by atoms with van der Waals surface area (Å²) in [6.07, 6.45) is 0. The number of amides is 1. The fourth-order valence-corrected chi connectivity index (χ4v) is 4.47. The number of aromatic nitrogens is 1. The minimum absolute atomic E-state index is 0.00835. The van der Waals surface area contributed by atoms with E-state index >= 15 is 0 Å². The van der Waals surface area contributed by atoms with Crippen molar-refractivity contribution in [1.29, 1.82) is 0 Å². The van der Waals surface area contributed by atoms with Gasteiger partial charge in [-0.05, 0) is 72.0 Å². The van der Waals surface area contributed by atoms with Gasteiger partial charge in [-0.25, -0.2) is 4.98 Å². The highest BCUT2D eigenvalue weighted by molar-refractivity contribution is 14.1. The van der Waals surface area contributed by atoms with Gasteiger partial charge in [0, 0.05) is 26.3 Å². The number of para-hydroxylation sites is 1. The van der Waals surface area contributed by atoms with Crippen LogP contribution >= 0.6 is 33.9 Å². The molecule has 8 heteroatoms. The summed E-state index contributed by atoms with van der Waals surface area (Å²) in [4.78, 5) is 28.0. The van der Waals surface area contributed by atoms with Crippen molar-refractivity contribution in [2.45, 2.75) is 6.92 Å². The van der Waals surface area contributed by atoms with Crippen LogP contribution in [0.1, 0.15) is 15.9 Å². The molecule has 0 saturated carbocycles. The van der Waals surface area contributed by atoms with Gasteiger partial charge >= 0.3 is 0 Å². The molecule has 0 atom stereocenters. The van der Waals surface area contributed by atoms with Crippen molar-refractivity contribution >= 4 is 61.4 Å². The summed E-state index contributed by atoms with van der Waals surface area (Å²) in [7, 11) is 0. The first-order valence-electron chi connectivity index (χ1n) is 8.64. The van der Waals surface area contributed by atoms with Crippen LogP contribution in [0.5, 0.6) is 0 Å². The number of fused-ring (bicyclic) bond motifs is 1. The Kier molecular flexibility index (Phi) is 5.29. The zero-order chi connectivity index (χ0) is 20.5. The first kappa shape index (κ1) is 19.5. The number of nitro benzene ring substituents is 1. The van der Waals surface area contributed by atoms with E-state index in [9.17, 15) is 14.9 Å². The second kappa shape index (κ2) is 7.88. The van der Waals surface area contributed by atoms with Crippen molar-refractivity contribution < 1.29 is 9.72 Å². The monoisotopic (exact) mass is 515 g/mol. The van der Waals surface area contributed by atoms with Gasteiger partial charge in [0.15, 0.2) is 0 Å². The van der Waals surface area contributed by atoms with Crippen molar-refractivity contribution in [2.24, 2.45) is 0 Å². The lowest BCUT2D eigenvalue weighted by Gasteiger charge is -2.11. The third kappa shape index (κ3) is 3.99. The summed E-state index contributed by atoms with van der Waals surface area (Å²) in [6, 6.07) is 18.0. The molecular formula is C21H14IN3O3S. The Morgan fingerprint density at radius 2 is 1.93 bits per heavy atom. The lowest BCUT2D eigenvalue weighted by atomic mass is 10.1. The van der Waals surface area contributed by atoms with Crippen LogP contribution in [0.3, 0.4) is 0 Å². The van der Waals surface area contributed by atoms with Crippen molar-refractivity contribution in [3.63, 3.8) is 0 Å². The minimum Gasteiger partial charge on any atom is -0.321 e. The zero-order valence-electron chi connectivity index (χ0n) is 15.2. The molecule has 0 aliphatic heterocycles. The second-order valence-electron chi connectivity index (χ2n) is 6.39. The van der Waals surface area contributed by atoms with Crippen LogP contribution in [-0.4, -0.2) is 15.8 Å². The molecule has 144 valence electrons. The van der Waals surface area contributed by atoms with E-state index in [0.717, 1.165) is 24.4 Å². The largest absolute Gasteiger partial charge is 0.321 e. The second-order valence-corrected chi connectivity index (χ2v) is 8.67. The van der Waals surface area contributed by atoms with Gasteiger partial charge in [0.25, 0.3) is 11.6 Å². The van der Waals surface area contributed by atoms with E-state index in [2.05, 4.69) is 27.9 Å². The number of carbonyl (C=O) groups excluding carboxylic acids is 1. The first-order valence-corrected chi connectivity index (χ1v) is 10.5. The van der Waals surface area contributed by atoms with Crippen LogP contribution in [0.15, 0.2) is 60.7 Å². The number of halogens is 1. The van der Waals surface area contributed by atoms with E-state index < -0.39 is 4.92 Å². The number of anilines is 1. The number of carbonyl (C=O) groups is 1. The van der Waals surface area contributed by atoms with Crippen molar-refractivity contribution in [2.75, 3.05) is 5.32 Å². The number of nitrogens with one attached hydrogen (secondary N) is 1. The molecule has 0 unspecified atom stereocenters. The normalized spacial score (nSPS) is 10.8. The molecule has 3 aromatic carbocycles. The standard InChI is InChI=1S/C21H14IN3O3S/c1-12-10-13(6-9-18(12)25(27)28)20(26)23-16-8-7-14(22)11-15(16)21-24-17-4-2-3-5-19(17)29-21/h2-11H,1H3,(H,23,26). The van der Waals surface area contributed by atoms with Crippen LogP contribution in [0.2, 0.25) is 0 Å². The van der Waals surface area contributed by atoms with E-state index in [-0.39, 0.29) is 11.6 Å². The Morgan fingerprint density at radius 3 is 2.66 bits per heavy atom. The average molecular weight is 515 g/mol. The Morgan fingerprint density at radius 1 is 1.14 bits per heavy atom. The summed E-state index contributed by atoms with van der Waals surface area (Å²) >= 11 is 3.79. The number of hydrogen-bond acceptors (Lipinski definition) is 5. The molecule has 29 heavy (non-hydrogen) atoms. The van der Waals surface area contributed by atoms with Crippen molar-refractivity contribution in [3.05, 3.63) is 85.5 Å². The third-order valence-electron chi connectivity index (χ3n) is 4.41. The van der Waals surface area contributed by atoms with E-state index in [1.165, 1.54) is 18.2 Å². The minimum atomic E-state index is -0.457. The Balaban J connectivity index is 1.70. The number of nitrogens with zero attached hydrogens (tertiary/aromatic N) is 2. The third-order valence-corrected chi connectivity index (χ3v) is 6.15. The summed E-state index contributed by atoms with van der Waals surface area (Å²) in [6.45, 7) is 1.62. The number of benzene rings is 3. The van der Waals surface area contributed by atoms with Crippen molar-refractivity contribution in [1.82, 2.24) is 4.98 Å². The molecule has 6 nitrogen and oxygen atoms in total. The van der Waals surface area contributed by atoms with Crippen LogP contribution in [-0.2, 0) is 0 Å². The molecular weight excluding hydrogens is 501 g/mol. The Bertz CT molecular complexity index is 1240. The first-order chi connectivity index (χ1) is 13.9. The molecule has 0 saturated heterocycles. The predicted molar refractivity (Wildman–Crippen MR) is 124 cm³/mol. The summed E-state index contributed by atoms with van der Waals surface area (Å²) in [5, 5.41) is 14.7. The maximum Gasteiger partial charge on any atom is 0.272 e. The van der Waals surface area contributed by atoms with Gasteiger partial charge < -0.3 is 5.32 Å². The Hall–Kier alpha value is -2.85. The quantitative estimate of drug-likeness (QED) is 0.204. The zero-order valence-corrected chi connectivity index (χ0v) is 18.2. The molecule has 1 amide bonds. The van der Waals surface area contributed by atoms with Gasteiger partial charge in [-0.15, -0.1) is 11.3 Å². The van der Waals surface area contributed by atoms with Gasteiger partial charge in [-0.1, -0.05) is 12.1 Å². The molecule has 1 aromatic heterocycles. The average Bonchev–Trinajstić information content (AvgIpc) is 3.13. The molecule has 1 N–H and O–H groups in total. The number of aryl methyl sites for hydroxylation is 1. The van der Waals surface area contributed by atoms with Crippen LogP contribution in [0.25, 0.3) is 20.8 Å². The summed E-state index contributed by atoms with van der Waals surface area (Å²) < 4.78 is 2.10. The van der Waals surface area contributed by atoms with E-state index in [1.54, 1.807) is 18.3 Å². The summed E-state index contributed by atoms with van der Waals surface area (Å²) in [5.41, 5.74) is 3.19. The molecule has 0 fully saturated rings. The highest BCUT2D eigenvalue weighted by Crippen LogP contribution is 2.35. The summed E-state index contributed by atoms with van der Waals surface area (Å²) in [5.74, 6) is -0.327. The Labute approximate surface area is 183 Å². The van der Waals surface area contributed by atoms with E-state index in [0.29, 0.717) is 16.8 Å². The number of thiazole rings is 1. The topological polar surface area (TPSA) is 85.1 Å². The molecule has 4 aromatic rings. The van der Waals surface area contributed by atoms with Gasteiger partial charge in [0.1, 0.15) is 5.01 Å². The highest BCUT2D eigenvalue weighted by Gasteiger charge is 2.17. The lowest BCUT2D eigenvalue weighted by molar-refractivity contribution is -0.385.